The fourth-order valence-corrected chi connectivity index (χ4v) is 2.59. The van der Waals surface area contributed by atoms with Crippen LogP contribution in [0.3, 0.4) is 0 Å². The zero-order chi connectivity index (χ0) is 14.1. The molecule has 1 aromatic carbocycles. The molecule has 19 heavy (non-hydrogen) atoms. The Morgan fingerprint density at radius 2 is 1.95 bits per heavy atom. The number of ether oxygens (including phenoxy) is 2. The average Bonchev–Trinajstić information content (AvgIpc) is 2.59. The van der Waals surface area contributed by atoms with E-state index in [4.69, 9.17) is 5.11 Å². The van der Waals surface area contributed by atoms with Crippen LogP contribution in [0.1, 0.15) is 6.42 Å². The van der Waals surface area contributed by atoms with Gasteiger partial charge in [0, 0.05) is 12.7 Å². The van der Waals surface area contributed by atoms with Gasteiger partial charge < -0.3 is 14.6 Å². The lowest BCUT2D eigenvalue weighted by molar-refractivity contribution is -0.286. The number of nitrogens with one attached hydrogen (secondary N) is 1. The first-order valence-electron chi connectivity index (χ1n) is 5.32. The molecule has 0 unspecified atom stereocenters. The number of halogens is 2. The smallest absolute Gasteiger partial charge is 0.396 e. The molecule has 9 heteroatoms. The normalized spacial score (nSPS) is 16.4. The Bertz CT molecular complexity index is 575. The van der Waals surface area contributed by atoms with Crippen molar-refractivity contribution in [2.45, 2.75) is 12.7 Å². The van der Waals surface area contributed by atoms with Gasteiger partial charge >= 0.3 is 6.29 Å². The molecule has 0 aliphatic carbocycles. The Morgan fingerprint density at radius 3 is 2.63 bits per heavy atom. The van der Waals surface area contributed by atoms with Crippen LogP contribution in [-0.4, -0.2) is 32.2 Å². The zero-order valence-electron chi connectivity index (χ0n) is 9.60. The minimum Gasteiger partial charge on any atom is -0.396 e. The molecule has 1 aromatic rings. The average molecular weight is 295 g/mol. The van der Waals surface area contributed by atoms with Crippen LogP contribution in [0.25, 0.3) is 0 Å². The molecule has 1 aliphatic rings. The molecule has 2 rings (SSSR count). The third-order valence-corrected chi connectivity index (χ3v) is 3.62. The van der Waals surface area contributed by atoms with Crippen LogP contribution in [0.4, 0.5) is 14.5 Å². The molecule has 0 amide bonds. The van der Waals surface area contributed by atoms with Gasteiger partial charge in [0.2, 0.25) is 10.0 Å². The SMILES string of the molecule is O=S(=O)(CCCO)Nc1ccc2c(c1)OC(F)(F)O2. The molecule has 1 heterocycles. The van der Waals surface area contributed by atoms with Crippen molar-refractivity contribution in [3.8, 4) is 11.5 Å². The van der Waals surface area contributed by atoms with Crippen molar-refractivity contribution in [3.63, 3.8) is 0 Å². The van der Waals surface area contributed by atoms with Gasteiger partial charge in [-0.15, -0.1) is 8.78 Å². The van der Waals surface area contributed by atoms with Crippen molar-refractivity contribution >= 4 is 15.7 Å². The molecule has 2 N–H and O–H groups in total. The van der Waals surface area contributed by atoms with Crippen molar-refractivity contribution in [1.29, 1.82) is 0 Å². The Kier molecular flexibility index (Phi) is 3.50. The lowest BCUT2D eigenvalue weighted by atomic mass is 10.3. The number of aliphatic hydroxyl groups excluding tert-OH is 1. The van der Waals surface area contributed by atoms with Crippen LogP contribution >= 0.6 is 0 Å². The summed E-state index contributed by atoms with van der Waals surface area (Å²) >= 11 is 0. The molecular formula is C10H11F2NO5S. The minimum atomic E-state index is -3.74. The summed E-state index contributed by atoms with van der Waals surface area (Å²) in [4.78, 5) is 0. The van der Waals surface area contributed by atoms with Crippen LogP contribution in [0, 0.1) is 0 Å². The molecule has 0 bridgehead atoms. The topological polar surface area (TPSA) is 84.9 Å². The molecule has 0 radical (unpaired) electrons. The number of aliphatic hydroxyl groups is 1. The van der Waals surface area contributed by atoms with E-state index < -0.39 is 16.3 Å². The Labute approximate surface area is 108 Å². The number of benzene rings is 1. The second kappa shape index (κ2) is 4.82. The molecule has 0 spiro atoms. The fraction of sp³-hybridized carbons (Fsp3) is 0.400. The van der Waals surface area contributed by atoms with Crippen LogP contribution in [0.15, 0.2) is 18.2 Å². The number of hydrogen-bond donors (Lipinski definition) is 2. The van der Waals surface area contributed by atoms with Crippen molar-refractivity contribution < 1.29 is 31.8 Å². The molecule has 1 aliphatic heterocycles. The first-order valence-corrected chi connectivity index (χ1v) is 6.98. The van der Waals surface area contributed by atoms with Gasteiger partial charge in [-0.3, -0.25) is 4.72 Å². The van der Waals surface area contributed by atoms with Crippen LogP contribution < -0.4 is 14.2 Å². The van der Waals surface area contributed by atoms with Crippen LogP contribution in [0.2, 0.25) is 0 Å². The van der Waals surface area contributed by atoms with E-state index in [0.717, 1.165) is 6.07 Å². The third kappa shape index (κ3) is 3.44. The van der Waals surface area contributed by atoms with Gasteiger partial charge in [-0.1, -0.05) is 0 Å². The predicted octanol–water partition coefficient (Wildman–Crippen LogP) is 1.13. The highest BCUT2D eigenvalue weighted by atomic mass is 32.2. The number of hydrogen-bond acceptors (Lipinski definition) is 5. The van der Waals surface area contributed by atoms with E-state index in [-0.39, 0.29) is 36.0 Å². The van der Waals surface area contributed by atoms with Crippen molar-refractivity contribution in [2.75, 3.05) is 17.1 Å². The van der Waals surface area contributed by atoms with Gasteiger partial charge in [-0.2, -0.15) is 0 Å². The van der Waals surface area contributed by atoms with Gasteiger partial charge in [0.05, 0.1) is 11.4 Å². The lowest BCUT2D eigenvalue weighted by Gasteiger charge is -2.07. The first kappa shape index (κ1) is 13.8. The van der Waals surface area contributed by atoms with Gasteiger partial charge in [0.1, 0.15) is 0 Å². The van der Waals surface area contributed by atoms with Gasteiger partial charge in [-0.05, 0) is 18.6 Å². The maximum Gasteiger partial charge on any atom is 0.586 e. The molecule has 6 nitrogen and oxygen atoms in total. The molecule has 0 aromatic heterocycles. The van der Waals surface area contributed by atoms with Crippen molar-refractivity contribution in [1.82, 2.24) is 0 Å². The van der Waals surface area contributed by atoms with Gasteiger partial charge in [0.15, 0.2) is 11.5 Å². The lowest BCUT2D eigenvalue weighted by Crippen LogP contribution is -2.25. The Morgan fingerprint density at radius 1 is 1.26 bits per heavy atom. The van der Waals surface area contributed by atoms with E-state index in [9.17, 15) is 17.2 Å². The standard InChI is InChI=1S/C10H11F2NO5S/c11-10(12)17-8-3-2-7(6-9(8)18-10)13-19(15,16)5-1-4-14/h2-3,6,13-14H,1,4-5H2. The summed E-state index contributed by atoms with van der Waals surface area (Å²) in [6.07, 6.45) is -3.66. The van der Waals surface area contributed by atoms with E-state index in [1.54, 1.807) is 0 Å². The summed E-state index contributed by atoms with van der Waals surface area (Å²) in [5.74, 6) is -0.677. The first-order chi connectivity index (χ1) is 8.81. The molecule has 106 valence electrons. The van der Waals surface area contributed by atoms with E-state index in [1.165, 1.54) is 12.1 Å². The third-order valence-electron chi connectivity index (χ3n) is 2.25. The van der Waals surface area contributed by atoms with E-state index in [2.05, 4.69) is 14.2 Å². The highest BCUT2D eigenvalue weighted by Gasteiger charge is 2.43. The summed E-state index contributed by atoms with van der Waals surface area (Å²) in [5, 5.41) is 8.57. The van der Waals surface area contributed by atoms with E-state index in [0.29, 0.717) is 0 Å². The summed E-state index contributed by atoms with van der Waals surface area (Å²) in [7, 11) is -3.64. The quantitative estimate of drug-likeness (QED) is 0.850. The number of alkyl halides is 2. The van der Waals surface area contributed by atoms with Gasteiger partial charge in [-0.25, -0.2) is 8.42 Å². The van der Waals surface area contributed by atoms with E-state index in [1.807, 2.05) is 0 Å². The maximum absolute atomic E-state index is 12.8. The number of sulfonamides is 1. The highest BCUT2D eigenvalue weighted by Crippen LogP contribution is 2.42. The number of anilines is 1. The molecule has 0 atom stereocenters. The molecule has 0 saturated heterocycles. The largest absolute Gasteiger partial charge is 0.586 e. The number of fused-ring (bicyclic) bond motifs is 1. The number of rotatable bonds is 5. The second-order valence-electron chi connectivity index (χ2n) is 3.83. The summed E-state index contributed by atoms with van der Waals surface area (Å²) in [6.45, 7) is -0.256. The molecule has 0 saturated carbocycles. The zero-order valence-corrected chi connectivity index (χ0v) is 10.4. The van der Waals surface area contributed by atoms with Crippen LogP contribution in [-0.2, 0) is 10.0 Å². The minimum absolute atomic E-state index is 0.0813. The Balaban J connectivity index is 2.12. The summed E-state index contributed by atoms with van der Waals surface area (Å²) in [5.41, 5.74) is 0.0815. The van der Waals surface area contributed by atoms with Gasteiger partial charge in [0.25, 0.3) is 0 Å². The highest BCUT2D eigenvalue weighted by molar-refractivity contribution is 7.92. The van der Waals surface area contributed by atoms with Crippen LogP contribution in [0.5, 0.6) is 11.5 Å². The van der Waals surface area contributed by atoms with Crippen molar-refractivity contribution in [3.05, 3.63) is 18.2 Å². The molecular weight excluding hydrogens is 284 g/mol. The monoisotopic (exact) mass is 295 g/mol. The summed E-state index contributed by atoms with van der Waals surface area (Å²) in [6, 6.07) is 3.56. The maximum atomic E-state index is 12.8. The van der Waals surface area contributed by atoms with Crippen molar-refractivity contribution in [2.24, 2.45) is 0 Å². The second-order valence-corrected chi connectivity index (χ2v) is 5.67. The fourth-order valence-electron chi connectivity index (χ4n) is 1.50. The summed E-state index contributed by atoms with van der Waals surface area (Å²) < 4.78 is 59.2. The van der Waals surface area contributed by atoms with E-state index >= 15 is 0 Å². The Hall–Kier alpha value is -1.61. The molecule has 0 fully saturated rings. The predicted molar refractivity (Wildman–Crippen MR) is 61.8 cm³/mol.